The minimum absolute atomic E-state index is 0.124. The maximum atomic E-state index is 11.5. The van der Waals surface area contributed by atoms with E-state index in [9.17, 15) is 4.79 Å². The van der Waals surface area contributed by atoms with Gasteiger partial charge in [-0.2, -0.15) is 12.6 Å². The van der Waals surface area contributed by atoms with Crippen LogP contribution in [0.1, 0.15) is 26.7 Å². The Morgan fingerprint density at radius 1 is 1.54 bits per heavy atom. The number of amides is 1. The number of carbonyl (C=O) groups excluding carboxylic acids is 1. The molecule has 0 atom stereocenters. The van der Waals surface area contributed by atoms with Gasteiger partial charge in [-0.05, 0) is 26.0 Å². The lowest BCUT2D eigenvalue weighted by Crippen LogP contribution is -2.38. The summed E-state index contributed by atoms with van der Waals surface area (Å²) < 4.78 is 0. The first-order valence-electron chi connectivity index (χ1n) is 4.64. The normalized spacial score (nSPS) is 10.5. The smallest absolute Gasteiger partial charge is 0.223 e. The van der Waals surface area contributed by atoms with E-state index in [2.05, 4.69) is 12.6 Å². The number of hydrogen-bond donors (Lipinski definition) is 2. The Kier molecular flexibility index (Phi) is 7.09. The van der Waals surface area contributed by atoms with Crippen LogP contribution in [0.5, 0.6) is 0 Å². The van der Waals surface area contributed by atoms with E-state index in [-0.39, 0.29) is 18.6 Å². The Labute approximate surface area is 85.5 Å². The third kappa shape index (κ3) is 5.16. The van der Waals surface area contributed by atoms with Crippen LogP contribution in [0.25, 0.3) is 0 Å². The molecule has 13 heavy (non-hydrogen) atoms. The number of aliphatic hydroxyl groups excluding tert-OH is 1. The number of hydrogen-bond acceptors (Lipinski definition) is 3. The van der Waals surface area contributed by atoms with Crippen molar-refractivity contribution in [2.75, 3.05) is 18.9 Å². The van der Waals surface area contributed by atoms with E-state index in [0.29, 0.717) is 25.1 Å². The second-order valence-electron chi connectivity index (χ2n) is 3.23. The van der Waals surface area contributed by atoms with Gasteiger partial charge in [0.25, 0.3) is 0 Å². The van der Waals surface area contributed by atoms with E-state index in [1.54, 1.807) is 4.90 Å². The molecule has 0 heterocycles. The van der Waals surface area contributed by atoms with Gasteiger partial charge < -0.3 is 10.0 Å². The van der Waals surface area contributed by atoms with Crippen molar-refractivity contribution in [2.45, 2.75) is 32.7 Å². The molecule has 1 N–H and O–H groups in total. The van der Waals surface area contributed by atoms with E-state index in [4.69, 9.17) is 5.11 Å². The van der Waals surface area contributed by atoms with E-state index in [1.807, 2.05) is 13.8 Å². The van der Waals surface area contributed by atoms with Crippen LogP contribution >= 0.6 is 12.6 Å². The molecule has 0 bridgehead atoms. The zero-order chi connectivity index (χ0) is 10.3. The van der Waals surface area contributed by atoms with Crippen LogP contribution in [0.2, 0.25) is 0 Å². The highest BCUT2D eigenvalue weighted by atomic mass is 32.1. The van der Waals surface area contributed by atoms with Crippen molar-refractivity contribution in [1.82, 2.24) is 4.90 Å². The van der Waals surface area contributed by atoms with Crippen molar-refractivity contribution in [3.05, 3.63) is 0 Å². The molecule has 0 aromatic rings. The van der Waals surface area contributed by atoms with Gasteiger partial charge in [0.15, 0.2) is 0 Å². The van der Waals surface area contributed by atoms with Gasteiger partial charge in [0, 0.05) is 25.6 Å². The Morgan fingerprint density at radius 2 is 2.15 bits per heavy atom. The fourth-order valence-electron chi connectivity index (χ4n) is 1.15. The Morgan fingerprint density at radius 3 is 2.54 bits per heavy atom. The summed E-state index contributed by atoms with van der Waals surface area (Å²) in [7, 11) is 0. The molecule has 0 radical (unpaired) electrons. The minimum atomic E-state index is 0.124. The molecule has 3 nitrogen and oxygen atoms in total. The predicted molar refractivity (Wildman–Crippen MR) is 57.0 cm³/mol. The molecule has 0 unspecified atom stereocenters. The molecule has 0 fully saturated rings. The van der Waals surface area contributed by atoms with Gasteiger partial charge in [-0.1, -0.05) is 0 Å². The molecule has 1 amide bonds. The van der Waals surface area contributed by atoms with Crippen molar-refractivity contribution in [1.29, 1.82) is 0 Å². The highest BCUT2D eigenvalue weighted by Crippen LogP contribution is 2.03. The fraction of sp³-hybridized carbons (Fsp3) is 0.889. The molecule has 0 aliphatic carbocycles. The molecule has 0 aliphatic heterocycles. The molecule has 0 spiro atoms. The average Bonchev–Trinajstić information content (AvgIpc) is 2.05. The summed E-state index contributed by atoms with van der Waals surface area (Å²) >= 11 is 4.02. The van der Waals surface area contributed by atoms with Gasteiger partial charge in [0.05, 0.1) is 0 Å². The van der Waals surface area contributed by atoms with Crippen LogP contribution in [0.4, 0.5) is 0 Å². The Hall–Kier alpha value is -0.220. The van der Waals surface area contributed by atoms with Gasteiger partial charge in [0.1, 0.15) is 0 Å². The monoisotopic (exact) mass is 205 g/mol. The van der Waals surface area contributed by atoms with Crippen LogP contribution in [-0.4, -0.2) is 40.9 Å². The first-order chi connectivity index (χ1) is 6.13. The first-order valence-corrected chi connectivity index (χ1v) is 5.28. The van der Waals surface area contributed by atoms with Crippen LogP contribution < -0.4 is 0 Å². The largest absolute Gasteiger partial charge is 0.396 e. The van der Waals surface area contributed by atoms with Gasteiger partial charge >= 0.3 is 0 Å². The molecule has 0 saturated heterocycles. The summed E-state index contributed by atoms with van der Waals surface area (Å²) in [4.78, 5) is 13.3. The van der Waals surface area contributed by atoms with Crippen LogP contribution in [-0.2, 0) is 4.79 Å². The molecule has 0 saturated carbocycles. The lowest BCUT2D eigenvalue weighted by molar-refractivity contribution is -0.132. The second kappa shape index (κ2) is 7.21. The minimum Gasteiger partial charge on any atom is -0.396 e. The van der Waals surface area contributed by atoms with Crippen LogP contribution in [0, 0.1) is 0 Å². The van der Waals surface area contributed by atoms with Crippen LogP contribution in [0.15, 0.2) is 0 Å². The summed E-state index contributed by atoms with van der Waals surface area (Å²) in [6.45, 7) is 4.74. The summed E-state index contributed by atoms with van der Waals surface area (Å²) in [6.07, 6.45) is 1.13. The molecule has 0 aromatic heterocycles. The van der Waals surface area contributed by atoms with E-state index in [1.165, 1.54) is 0 Å². The van der Waals surface area contributed by atoms with Crippen molar-refractivity contribution < 1.29 is 9.90 Å². The SMILES string of the molecule is CC(C)N(CCCO)C(=O)CCS. The van der Waals surface area contributed by atoms with E-state index >= 15 is 0 Å². The molecular formula is C9H19NO2S. The third-order valence-electron chi connectivity index (χ3n) is 1.83. The van der Waals surface area contributed by atoms with Gasteiger partial charge in [0.2, 0.25) is 5.91 Å². The first kappa shape index (κ1) is 12.8. The standard InChI is InChI=1S/C9H19NO2S/c1-8(2)10(5-3-6-11)9(12)4-7-13/h8,11,13H,3-7H2,1-2H3. The molecule has 0 aromatic carbocycles. The highest BCUT2D eigenvalue weighted by Gasteiger charge is 2.14. The molecular weight excluding hydrogens is 186 g/mol. The Balaban J connectivity index is 3.99. The lowest BCUT2D eigenvalue weighted by Gasteiger charge is -2.26. The zero-order valence-electron chi connectivity index (χ0n) is 8.36. The zero-order valence-corrected chi connectivity index (χ0v) is 9.26. The molecule has 78 valence electrons. The van der Waals surface area contributed by atoms with Crippen molar-refractivity contribution in [2.24, 2.45) is 0 Å². The quantitative estimate of drug-likeness (QED) is 0.633. The fourth-order valence-corrected chi connectivity index (χ4v) is 1.34. The van der Waals surface area contributed by atoms with Crippen LogP contribution in [0.3, 0.4) is 0 Å². The number of nitrogens with zero attached hydrogens (tertiary/aromatic N) is 1. The average molecular weight is 205 g/mol. The summed E-state index contributed by atoms with van der Waals surface area (Å²) in [5.74, 6) is 0.708. The topological polar surface area (TPSA) is 40.5 Å². The van der Waals surface area contributed by atoms with Crippen molar-refractivity contribution >= 4 is 18.5 Å². The summed E-state index contributed by atoms with van der Waals surface area (Å²) in [5.41, 5.74) is 0. The van der Waals surface area contributed by atoms with E-state index in [0.717, 1.165) is 0 Å². The van der Waals surface area contributed by atoms with Crippen molar-refractivity contribution in [3.8, 4) is 0 Å². The number of aliphatic hydroxyl groups is 1. The van der Waals surface area contributed by atoms with E-state index < -0.39 is 0 Å². The highest BCUT2D eigenvalue weighted by molar-refractivity contribution is 7.80. The second-order valence-corrected chi connectivity index (χ2v) is 3.68. The number of rotatable bonds is 6. The van der Waals surface area contributed by atoms with Gasteiger partial charge in [-0.25, -0.2) is 0 Å². The summed E-state index contributed by atoms with van der Waals surface area (Å²) in [6, 6.07) is 0.207. The maximum absolute atomic E-state index is 11.5. The summed E-state index contributed by atoms with van der Waals surface area (Å²) in [5, 5.41) is 8.66. The van der Waals surface area contributed by atoms with Gasteiger partial charge in [-0.15, -0.1) is 0 Å². The molecule has 0 rings (SSSR count). The van der Waals surface area contributed by atoms with Gasteiger partial charge in [-0.3, -0.25) is 4.79 Å². The van der Waals surface area contributed by atoms with Crippen molar-refractivity contribution in [3.63, 3.8) is 0 Å². The maximum Gasteiger partial charge on any atom is 0.223 e. The molecule has 4 heteroatoms. The predicted octanol–water partition coefficient (Wildman–Crippen LogP) is 0.926. The number of carbonyl (C=O) groups is 1. The lowest BCUT2D eigenvalue weighted by atomic mass is 10.2. The molecule has 0 aliphatic rings. The number of thiol groups is 1. The Bertz CT molecular complexity index is 151. The third-order valence-corrected chi connectivity index (χ3v) is 2.05.